The van der Waals surface area contributed by atoms with E-state index in [2.05, 4.69) is 32.0 Å². The largest absolute Gasteiger partial charge is 0.306 e. The van der Waals surface area contributed by atoms with Crippen molar-refractivity contribution in [3.05, 3.63) is 39.4 Å². The van der Waals surface area contributed by atoms with Crippen LogP contribution in [-0.2, 0) is 11.3 Å². The third kappa shape index (κ3) is 4.35. The van der Waals surface area contributed by atoms with E-state index >= 15 is 0 Å². The smallest absolute Gasteiger partial charge is 0.236 e. The number of halogens is 2. The van der Waals surface area contributed by atoms with E-state index in [1.165, 1.54) is 35.9 Å². The molecule has 4 rings (SSSR count). The molecule has 0 atom stereocenters. The molecule has 28 heavy (non-hydrogen) atoms. The average Bonchev–Trinajstić information content (AvgIpc) is 3.27. The number of hydrogen-bond donors (Lipinski definition) is 1. The van der Waals surface area contributed by atoms with Gasteiger partial charge in [0.2, 0.25) is 5.91 Å². The van der Waals surface area contributed by atoms with Crippen LogP contribution in [0.15, 0.2) is 28.7 Å². The third-order valence-electron chi connectivity index (χ3n) is 4.29. The molecule has 1 saturated carbocycles. The average molecular weight is 454 g/mol. The molecule has 1 N–H and O–H groups in total. The van der Waals surface area contributed by atoms with Crippen molar-refractivity contribution in [3.8, 4) is 11.3 Å². The summed E-state index contributed by atoms with van der Waals surface area (Å²) >= 11 is 14.9. The van der Waals surface area contributed by atoms with Crippen molar-refractivity contribution in [2.45, 2.75) is 37.4 Å². The topological polar surface area (TPSA) is 72.7 Å². The quantitative estimate of drug-likeness (QED) is 0.488. The summed E-state index contributed by atoms with van der Waals surface area (Å²) in [6.07, 6.45) is 2.35. The van der Waals surface area contributed by atoms with Crippen LogP contribution < -0.4 is 5.32 Å². The van der Waals surface area contributed by atoms with E-state index < -0.39 is 0 Å². The lowest BCUT2D eigenvalue weighted by Gasteiger charge is -2.06. The Balaban J connectivity index is 1.38. The Kier molecular flexibility index (Phi) is 5.91. The fourth-order valence-corrected chi connectivity index (χ4v) is 4.83. The number of carbonyl (C=O) groups excluding carboxylic acids is 1. The van der Waals surface area contributed by atoms with E-state index in [-0.39, 0.29) is 11.7 Å². The first kappa shape index (κ1) is 19.7. The summed E-state index contributed by atoms with van der Waals surface area (Å²) in [5.74, 6) is 1.69. The lowest BCUT2D eigenvalue weighted by molar-refractivity contribution is -0.113. The van der Waals surface area contributed by atoms with Crippen LogP contribution in [0.1, 0.15) is 31.5 Å². The van der Waals surface area contributed by atoms with Gasteiger partial charge in [0.1, 0.15) is 5.82 Å². The second-order valence-electron chi connectivity index (χ2n) is 6.36. The van der Waals surface area contributed by atoms with Gasteiger partial charge in [-0.2, -0.15) is 0 Å². The normalized spacial score (nSPS) is 13.7. The maximum Gasteiger partial charge on any atom is 0.236 e. The molecule has 1 fully saturated rings. The highest BCUT2D eigenvalue weighted by Gasteiger charge is 2.30. The lowest BCUT2D eigenvalue weighted by atomic mass is 10.2. The second-order valence-corrected chi connectivity index (χ2v) is 9.00. The summed E-state index contributed by atoms with van der Waals surface area (Å²) in [6.45, 7) is 2.87. The molecule has 10 heteroatoms. The van der Waals surface area contributed by atoms with Gasteiger partial charge < -0.3 is 9.88 Å². The standard InChI is InChI=1S/C18H17Cl2N5OS2/c1-2-25-16(10-3-4-10)23-24-18(25)28-9-15(26)22-17-21-14(8-27-17)12-6-5-11(19)7-13(12)20/h5-8,10H,2-4,9H2,1H3,(H,21,22,26). The number of thioether (sulfide) groups is 1. The molecule has 0 radical (unpaired) electrons. The summed E-state index contributed by atoms with van der Waals surface area (Å²) < 4.78 is 2.10. The fourth-order valence-electron chi connectivity index (χ4n) is 2.79. The van der Waals surface area contributed by atoms with Crippen molar-refractivity contribution in [2.24, 2.45) is 0 Å². The number of aromatic nitrogens is 4. The highest BCUT2D eigenvalue weighted by molar-refractivity contribution is 7.99. The van der Waals surface area contributed by atoms with Crippen LogP contribution in [0.5, 0.6) is 0 Å². The molecule has 1 aliphatic carbocycles. The molecule has 0 aliphatic heterocycles. The minimum absolute atomic E-state index is 0.133. The van der Waals surface area contributed by atoms with E-state index in [9.17, 15) is 4.79 Å². The van der Waals surface area contributed by atoms with E-state index in [1.54, 1.807) is 12.1 Å². The van der Waals surface area contributed by atoms with Crippen LogP contribution in [0.2, 0.25) is 10.0 Å². The van der Waals surface area contributed by atoms with Crippen molar-refractivity contribution < 1.29 is 4.79 Å². The number of benzene rings is 1. The zero-order valence-corrected chi connectivity index (χ0v) is 18.1. The maximum atomic E-state index is 12.3. The highest BCUT2D eigenvalue weighted by atomic mass is 35.5. The number of rotatable bonds is 7. The van der Waals surface area contributed by atoms with Gasteiger partial charge in [-0.1, -0.05) is 35.0 Å². The van der Waals surface area contributed by atoms with Gasteiger partial charge in [-0.15, -0.1) is 21.5 Å². The molecule has 6 nitrogen and oxygen atoms in total. The predicted octanol–water partition coefficient (Wildman–Crippen LogP) is 5.34. The number of carbonyl (C=O) groups is 1. The third-order valence-corrected chi connectivity index (χ3v) is 6.57. The second kappa shape index (κ2) is 8.41. The fraction of sp³-hybridized carbons (Fsp3) is 0.333. The first-order chi connectivity index (χ1) is 13.5. The molecule has 0 bridgehead atoms. The van der Waals surface area contributed by atoms with Crippen LogP contribution in [0.25, 0.3) is 11.3 Å². The number of amides is 1. The van der Waals surface area contributed by atoms with Gasteiger partial charge in [-0.3, -0.25) is 4.79 Å². The number of nitrogens with one attached hydrogen (secondary N) is 1. The molecular formula is C18H17Cl2N5OS2. The van der Waals surface area contributed by atoms with Crippen molar-refractivity contribution in [3.63, 3.8) is 0 Å². The zero-order chi connectivity index (χ0) is 19.7. The van der Waals surface area contributed by atoms with Gasteiger partial charge in [0.25, 0.3) is 0 Å². The zero-order valence-electron chi connectivity index (χ0n) is 15.0. The lowest BCUT2D eigenvalue weighted by Crippen LogP contribution is -2.14. The Morgan fingerprint density at radius 2 is 2.18 bits per heavy atom. The molecule has 3 aromatic rings. The minimum atomic E-state index is -0.133. The molecule has 1 aromatic carbocycles. The molecule has 2 heterocycles. The first-order valence-electron chi connectivity index (χ1n) is 8.82. The maximum absolute atomic E-state index is 12.3. The van der Waals surface area contributed by atoms with E-state index in [0.29, 0.717) is 26.8 Å². The Bertz CT molecular complexity index is 1020. The SMILES string of the molecule is CCn1c(SCC(=O)Nc2nc(-c3ccc(Cl)cc3Cl)cs2)nnc1C1CC1. The molecule has 0 unspecified atom stereocenters. The summed E-state index contributed by atoms with van der Waals surface area (Å²) in [5.41, 5.74) is 1.48. The Hall–Kier alpha value is -1.61. The van der Waals surface area contributed by atoms with Crippen molar-refractivity contribution in [2.75, 3.05) is 11.1 Å². The number of hydrogen-bond acceptors (Lipinski definition) is 6. The molecular weight excluding hydrogens is 437 g/mol. The number of thiazole rings is 1. The van der Waals surface area contributed by atoms with Gasteiger partial charge in [-0.25, -0.2) is 4.98 Å². The van der Waals surface area contributed by atoms with Gasteiger partial charge in [-0.05, 0) is 38.0 Å². The summed E-state index contributed by atoms with van der Waals surface area (Å²) in [7, 11) is 0. The Morgan fingerprint density at radius 1 is 1.36 bits per heavy atom. The van der Waals surface area contributed by atoms with Gasteiger partial charge in [0.15, 0.2) is 10.3 Å². The summed E-state index contributed by atoms with van der Waals surface area (Å²) in [5, 5.41) is 15.6. The molecule has 2 aromatic heterocycles. The summed E-state index contributed by atoms with van der Waals surface area (Å²) in [4.78, 5) is 16.8. The van der Waals surface area contributed by atoms with Crippen molar-refractivity contribution >= 4 is 57.3 Å². The van der Waals surface area contributed by atoms with Crippen LogP contribution in [-0.4, -0.2) is 31.4 Å². The van der Waals surface area contributed by atoms with Crippen LogP contribution in [0, 0.1) is 0 Å². The predicted molar refractivity (Wildman–Crippen MR) is 115 cm³/mol. The van der Waals surface area contributed by atoms with E-state index in [4.69, 9.17) is 23.2 Å². The van der Waals surface area contributed by atoms with Crippen LogP contribution >= 0.6 is 46.3 Å². The summed E-state index contributed by atoms with van der Waals surface area (Å²) in [6, 6.07) is 5.25. The Labute approximate surface area is 180 Å². The van der Waals surface area contributed by atoms with E-state index in [1.807, 2.05) is 11.4 Å². The van der Waals surface area contributed by atoms with Gasteiger partial charge >= 0.3 is 0 Å². The molecule has 146 valence electrons. The van der Waals surface area contributed by atoms with Crippen molar-refractivity contribution in [1.82, 2.24) is 19.7 Å². The molecule has 1 amide bonds. The molecule has 0 saturated heterocycles. The number of nitrogens with zero attached hydrogens (tertiary/aromatic N) is 4. The first-order valence-corrected chi connectivity index (χ1v) is 11.4. The van der Waals surface area contributed by atoms with Gasteiger partial charge in [0, 0.05) is 28.4 Å². The molecule has 1 aliphatic rings. The molecule has 0 spiro atoms. The van der Waals surface area contributed by atoms with Crippen LogP contribution in [0.3, 0.4) is 0 Å². The minimum Gasteiger partial charge on any atom is -0.306 e. The van der Waals surface area contributed by atoms with E-state index in [0.717, 1.165) is 23.1 Å². The van der Waals surface area contributed by atoms with Crippen molar-refractivity contribution in [1.29, 1.82) is 0 Å². The number of anilines is 1. The highest BCUT2D eigenvalue weighted by Crippen LogP contribution is 2.40. The van der Waals surface area contributed by atoms with Crippen LogP contribution in [0.4, 0.5) is 5.13 Å². The monoisotopic (exact) mass is 453 g/mol. The van der Waals surface area contributed by atoms with Gasteiger partial charge in [0.05, 0.1) is 16.5 Å². The Morgan fingerprint density at radius 3 is 2.89 bits per heavy atom.